The molecular formula is C28H30FN3O3S. The first-order valence-corrected chi connectivity index (χ1v) is 12.9. The number of esters is 1. The molecule has 1 N–H and O–H groups in total. The van der Waals surface area contributed by atoms with Gasteiger partial charge in [0.05, 0.1) is 30.3 Å². The first kappa shape index (κ1) is 25.7. The molecule has 0 spiro atoms. The smallest absolute Gasteiger partial charge is 0.338 e. The summed E-state index contributed by atoms with van der Waals surface area (Å²) in [6, 6.07) is 13.8. The number of ether oxygens (including phenoxy) is 1. The predicted molar refractivity (Wildman–Crippen MR) is 140 cm³/mol. The van der Waals surface area contributed by atoms with Crippen LogP contribution < -0.4 is 5.32 Å². The highest BCUT2D eigenvalue weighted by molar-refractivity contribution is 8.16. The molecule has 1 atom stereocenters. The number of allylic oxidation sites excluding steroid dienone is 1. The molecular weight excluding hydrogens is 477 g/mol. The monoisotopic (exact) mass is 507 g/mol. The van der Waals surface area contributed by atoms with Crippen molar-refractivity contribution in [2.24, 2.45) is 4.99 Å². The fourth-order valence-electron chi connectivity index (χ4n) is 4.25. The standard InChI is InChI=1S/C28H30FN3O3S/c1-5-35-27(34)25-18(4)31-28-32(26(25)21-10-8-20(9-11-21)17(2)3)23(16-36-28)14-24(33)30-15-19-6-12-22(29)13-7-19/h6-13,16-17,26H,5,14-15H2,1-4H3,(H,30,33)/t26-/m1/s1. The minimum atomic E-state index is -0.455. The Morgan fingerprint density at radius 3 is 2.47 bits per heavy atom. The van der Waals surface area contributed by atoms with Crippen molar-refractivity contribution >= 4 is 28.8 Å². The van der Waals surface area contributed by atoms with Gasteiger partial charge in [-0.2, -0.15) is 0 Å². The number of hydrogen-bond acceptors (Lipinski definition) is 6. The number of aliphatic imine (C=N–C) groups is 1. The van der Waals surface area contributed by atoms with E-state index in [9.17, 15) is 14.0 Å². The number of benzene rings is 2. The molecule has 0 saturated heterocycles. The molecule has 2 aliphatic rings. The van der Waals surface area contributed by atoms with Crippen LogP contribution in [-0.2, 0) is 20.9 Å². The maximum absolute atomic E-state index is 13.2. The highest BCUT2D eigenvalue weighted by Crippen LogP contribution is 2.45. The van der Waals surface area contributed by atoms with Crippen molar-refractivity contribution in [3.63, 3.8) is 0 Å². The molecule has 0 aliphatic carbocycles. The van der Waals surface area contributed by atoms with Crippen molar-refractivity contribution in [1.82, 2.24) is 10.2 Å². The summed E-state index contributed by atoms with van der Waals surface area (Å²) in [5.41, 5.74) is 4.77. The van der Waals surface area contributed by atoms with Gasteiger partial charge in [-0.05, 0) is 54.0 Å². The number of thioether (sulfide) groups is 1. The lowest BCUT2D eigenvalue weighted by molar-refractivity contribution is -0.139. The second kappa shape index (κ2) is 11.1. The van der Waals surface area contributed by atoms with E-state index in [1.165, 1.54) is 29.5 Å². The van der Waals surface area contributed by atoms with Crippen LogP contribution in [0.2, 0.25) is 0 Å². The van der Waals surface area contributed by atoms with Crippen molar-refractivity contribution in [1.29, 1.82) is 0 Å². The van der Waals surface area contributed by atoms with Crippen LogP contribution in [0.4, 0.5) is 4.39 Å². The zero-order valence-electron chi connectivity index (χ0n) is 20.9. The van der Waals surface area contributed by atoms with Crippen molar-refractivity contribution in [2.75, 3.05) is 6.61 Å². The third kappa shape index (κ3) is 5.54. The summed E-state index contributed by atoms with van der Waals surface area (Å²) >= 11 is 1.44. The molecule has 0 fully saturated rings. The van der Waals surface area contributed by atoms with Gasteiger partial charge in [-0.15, -0.1) is 0 Å². The van der Waals surface area contributed by atoms with Gasteiger partial charge in [0.25, 0.3) is 0 Å². The second-order valence-electron chi connectivity index (χ2n) is 9.01. The van der Waals surface area contributed by atoms with Gasteiger partial charge in [-0.25, -0.2) is 14.2 Å². The molecule has 0 radical (unpaired) electrons. The Hall–Kier alpha value is -3.39. The molecule has 1 amide bonds. The molecule has 2 aliphatic heterocycles. The average Bonchev–Trinajstić information content (AvgIpc) is 3.24. The maximum Gasteiger partial charge on any atom is 0.338 e. The summed E-state index contributed by atoms with van der Waals surface area (Å²) in [6.45, 7) is 8.43. The number of rotatable bonds is 8. The number of carbonyl (C=O) groups excluding carboxylic acids is 2. The van der Waals surface area contributed by atoms with Gasteiger partial charge in [-0.3, -0.25) is 4.79 Å². The average molecular weight is 508 g/mol. The second-order valence-corrected chi connectivity index (χ2v) is 9.85. The molecule has 2 aromatic rings. The SMILES string of the molecule is CCOC(=O)C1=C(C)N=C2SC=C(CC(=O)NCc3ccc(F)cc3)N2[C@@H]1c1ccc(C(C)C)cc1. The number of nitrogens with one attached hydrogen (secondary N) is 1. The van der Waals surface area contributed by atoms with Gasteiger partial charge in [-0.1, -0.05) is 62.0 Å². The summed E-state index contributed by atoms with van der Waals surface area (Å²) in [4.78, 5) is 32.6. The van der Waals surface area contributed by atoms with Crippen LogP contribution in [0.15, 0.2) is 75.9 Å². The van der Waals surface area contributed by atoms with Crippen LogP contribution in [0.5, 0.6) is 0 Å². The molecule has 2 aromatic carbocycles. The third-order valence-corrected chi connectivity index (χ3v) is 7.05. The Morgan fingerprint density at radius 2 is 1.83 bits per heavy atom. The maximum atomic E-state index is 13.2. The van der Waals surface area contributed by atoms with Gasteiger partial charge in [0.15, 0.2) is 5.17 Å². The van der Waals surface area contributed by atoms with Crippen molar-refractivity contribution < 1.29 is 18.7 Å². The summed E-state index contributed by atoms with van der Waals surface area (Å²) in [5.74, 6) is -0.520. The first-order valence-electron chi connectivity index (χ1n) is 12.0. The van der Waals surface area contributed by atoms with Gasteiger partial charge in [0.2, 0.25) is 5.91 Å². The van der Waals surface area contributed by atoms with Crippen LogP contribution >= 0.6 is 11.8 Å². The van der Waals surface area contributed by atoms with Crippen LogP contribution in [-0.4, -0.2) is 28.6 Å². The number of hydrogen-bond donors (Lipinski definition) is 1. The van der Waals surface area contributed by atoms with Crippen molar-refractivity contribution in [2.45, 2.75) is 52.6 Å². The summed E-state index contributed by atoms with van der Waals surface area (Å²) in [5, 5.41) is 5.53. The summed E-state index contributed by atoms with van der Waals surface area (Å²) in [7, 11) is 0. The van der Waals surface area contributed by atoms with Crippen LogP contribution in [0.1, 0.15) is 62.8 Å². The fraction of sp³-hybridized carbons (Fsp3) is 0.321. The van der Waals surface area contributed by atoms with E-state index in [1.54, 1.807) is 19.1 Å². The number of amides is 1. The number of carbonyl (C=O) groups is 2. The van der Waals surface area contributed by atoms with E-state index in [-0.39, 0.29) is 24.8 Å². The quantitative estimate of drug-likeness (QED) is 0.458. The Bertz CT molecular complexity index is 1230. The van der Waals surface area contributed by atoms with E-state index in [0.717, 1.165) is 22.0 Å². The highest BCUT2D eigenvalue weighted by Gasteiger charge is 2.41. The molecule has 0 saturated carbocycles. The molecule has 2 heterocycles. The minimum absolute atomic E-state index is 0.114. The van der Waals surface area contributed by atoms with E-state index in [4.69, 9.17) is 4.74 Å². The zero-order valence-corrected chi connectivity index (χ0v) is 21.7. The lowest BCUT2D eigenvalue weighted by atomic mass is 9.92. The summed E-state index contributed by atoms with van der Waals surface area (Å²) in [6.07, 6.45) is 0.114. The number of fused-ring (bicyclic) bond motifs is 1. The van der Waals surface area contributed by atoms with Crippen LogP contribution in [0.25, 0.3) is 0 Å². The molecule has 188 valence electrons. The van der Waals surface area contributed by atoms with Gasteiger partial charge >= 0.3 is 5.97 Å². The Kier molecular flexibility index (Phi) is 7.94. The van der Waals surface area contributed by atoms with E-state index >= 15 is 0 Å². The minimum Gasteiger partial charge on any atom is -0.463 e. The molecule has 4 rings (SSSR count). The zero-order chi connectivity index (χ0) is 25.8. The molecule has 0 bridgehead atoms. The fourth-order valence-corrected chi connectivity index (χ4v) is 5.21. The molecule has 0 aromatic heterocycles. The highest BCUT2D eigenvalue weighted by atomic mass is 32.2. The Balaban J connectivity index is 1.60. The largest absolute Gasteiger partial charge is 0.463 e. The third-order valence-electron chi connectivity index (χ3n) is 6.16. The summed E-state index contributed by atoms with van der Waals surface area (Å²) < 4.78 is 18.6. The first-order chi connectivity index (χ1) is 17.3. The topological polar surface area (TPSA) is 71.0 Å². The molecule has 8 heteroatoms. The lowest BCUT2D eigenvalue weighted by Crippen LogP contribution is -2.38. The van der Waals surface area contributed by atoms with Crippen LogP contribution in [0, 0.1) is 5.82 Å². The van der Waals surface area contributed by atoms with Gasteiger partial charge in [0.1, 0.15) is 5.82 Å². The van der Waals surface area contributed by atoms with Gasteiger partial charge in [0, 0.05) is 12.2 Å². The lowest BCUT2D eigenvalue weighted by Gasteiger charge is -2.36. The normalized spacial score (nSPS) is 17.1. The van der Waals surface area contributed by atoms with E-state index in [1.807, 2.05) is 29.4 Å². The van der Waals surface area contributed by atoms with Crippen molar-refractivity contribution in [3.8, 4) is 0 Å². The number of nitrogens with zero attached hydrogens (tertiary/aromatic N) is 2. The van der Waals surface area contributed by atoms with Gasteiger partial charge < -0.3 is 15.0 Å². The van der Waals surface area contributed by atoms with E-state index < -0.39 is 12.0 Å². The van der Waals surface area contributed by atoms with E-state index in [2.05, 4.69) is 36.3 Å². The molecule has 0 unspecified atom stereocenters. The molecule has 36 heavy (non-hydrogen) atoms. The number of halogens is 1. The Morgan fingerprint density at radius 1 is 1.14 bits per heavy atom. The number of amidine groups is 1. The van der Waals surface area contributed by atoms with Crippen molar-refractivity contribution in [3.05, 3.63) is 93.4 Å². The Labute approximate surface area is 215 Å². The van der Waals surface area contributed by atoms with Crippen LogP contribution in [0.3, 0.4) is 0 Å². The van der Waals surface area contributed by atoms with E-state index in [0.29, 0.717) is 23.7 Å². The predicted octanol–water partition coefficient (Wildman–Crippen LogP) is 5.79. The molecule has 6 nitrogen and oxygen atoms in total.